The number of hydrazone groups is 1. The van der Waals surface area contributed by atoms with Gasteiger partial charge in [0, 0.05) is 42.2 Å². The van der Waals surface area contributed by atoms with Gasteiger partial charge in [-0.15, -0.1) is 11.3 Å². The average molecular weight is 594 g/mol. The lowest BCUT2D eigenvalue weighted by molar-refractivity contribution is -0.384. The van der Waals surface area contributed by atoms with Crippen LogP contribution in [-0.4, -0.2) is 75.0 Å². The van der Waals surface area contributed by atoms with E-state index in [1.807, 2.05) is 54.5 Å². The zero-order chi connectivity index (χ0) is 29.9. The Balaban J connectivity index is 1.26. The molecular formula is C28H31N7O6S. The normalized spacial score (nSPS) is 11.5. The molecule has 0 aliphatic rings. The van der Waals surface area contributed by atoms with Crippen molar-refractivity contribution in [2.24, 2.45) is 5.10 Å². The summed E-state index contributed by atoms with van der Waals surface area (Å²) in [4.78, 5) is 33.1. The standard InChI is InChI=1S/C28H31N7O6S/c1-33(2)10-12-40-17-22-16-34(19-29-22)11-13-41-24-8-6-21(7-9-24)26-18-42-28(30-26)32-31-25(27(36)37)15-20-4-3-5-23(14-20)35(38)39/h3-9,14,16,18-19H,10-13,15,17H2,1-2H3,(H,30,32)(H,36,37)/b31-25-. The average Bonchev–Trinajstić information content (AvgIpc) is 3.63. The molecular weight excluding hydrogens is 562 g/mol. The summed E-state index contributed by atoms with van der Waals surface area (Å²) in [5.41, 5.74) is 5.27. The van der Waals surface area contributed by atoms with Gasteiger partial charge in [-0.1, -0.05) is 12.1 Å². The summed E-state index contributed by atoms with van der Waals surface area (Å²) < 4.78 is 13.5. The number of anilines is 1. The lowest BCUT2D eigenvalue weighted by atomic mass is 10.1. The van der Waals surface area contributed by atoms with Gasteiger partial charge in [-0.2, -0.15) is 5.10 Å². The van der Waals surface area contributed by atoms with Crippen molar-refractivity contribution in [3.8, 4) is 17.0 Å². The van der Waals surface area contributed by atoms with Crippen LogP contribution < -0.4 is 10.2 Å². The van der Waals surface area contributed by atoms with E-state index in [1.165, 1.54) is 29.5 Å². The number of nitro groups is 1. The van der Waals surface area contributed by atoms with E-state index in [0.29, 0.717) is 42.8 Å². The van der Waals surface area contributed by atoms with Crippen molar-refractivity contribution in [1.82, 2.24) is 19.4 Å². The zero-order valence-corrected chi connectivity index (χ0v) is 24.0. The number of nitrogens with zero attached hydrogens (tertiary/aromatic N) is 6. The number of likely N-dealkylation sites (N-methyl/N-ethyl adjacent to an activating group) is 1. The number of thiazole rings is 1. The number of rotatable bonds is 16. The van der Waals surface area contributed by atoms with Crippen molar-refractivity contribution in [1.29, 1.82) is 0 Å². The quantitative estimate of drug-likeness (QED) is 0.0836. The second kappa shape index (κ2) is 14.8. The van der Waals surface area contributed by atoms with E-state index in [2.05, 4.69) is 25.4 Å². The Morgan fingerprint density at radius 1 is 1.21 bits per heavy atom. The monoisotopic (exact) mass is 593 g/mol. The lowest BCUT2D eigenvalue weighted by Crippen LogP contribution is -2.17. The number of ether oxygens (including phenoxy) is 2. The summed E-state index contributed by atoms with van der Waals surface area (Å²) in [6, 6.07) is 13.3. The molecule has 0 saturated carbocycles. The summed E-state index contributed by atoms with van der Waals surface area (Å²) >= 11 is 1.27. The van der Waals surface area contributed by atoms with E-state index in [-0.39, 0.29) is 17.8 Å². The summed E-state index contributed by atoms with van der Waals surface area (Å²) in [7, 11) is 4.01. The molecule has 0 spiro atoms. The molecule has 4 rings (SSSR count). The molecule has 0 aliphatic heterocycles. The van der Waals surface area contributed by atoms with E-state index in [0.717, 1.165) is 23.6 Å². The number of hydrogen-bond donors (Lipinski definition) is 2. The predicted octanol–water partition coefficient (Wildman–Crippen LogP) is 4.17. The lowest BCUT2D eigenvalue weighted by Gasteiger charge is -2.08. The van der Waals surface area contributed by atoms with Crippen LogP contribution in [0, 0.1) is 10.1 Å². The molecule has 0 aliphatic carbocycles. The largest absolute Gasteiger partial charge is 0.492 e. The SMILES string of the molecule is CN(C)CCOCc1cn(CCOc2ccc(-c3csc(N/N=C(/Cc4cccc([N+](=O)[O-])c4)C(=O)O)n3)cc2)cn1. The van der Waals surface area contributed by atoms with Crippen LogP contribution in [0.5, 0.6) is 5.75 Å². The minimum Gasteiger partial charge on any atom is -0.492 e. The summed E-state index contributed by atoms with van der Waals surface area (Å²) in [6.07, 6.45) is 3.63. The summed E-state index contributed by atoms with van der Waals surface area (Å²) in [5, 5.41) is 26.8. The van der Waals surface area contributed by atoms with Crippen LogP contribution in [-0.2, 0) is 29.1 Å². The molecule has 2 aromatic heterocycles. The number of carboxylic acids is 1. The summed E-state index contributed by atoms with van der Waals surface area (Å²) in [5.74, 6) is -0.518. The Bertz CT molecular complexity index is 1520. The number of benzene rings is 2. The second-order valence-electron chi connectivity index (χ2n) is 9.45. The highest BCUT2D eigenvalue weighted by Gasteiger charge is 2.14. The molecule has 13 nitrogen and oxygen atoms in total. The van der Waals surface area contributed by atoms with E-state index >= 15 is 0 Å². The fraction of sp³-hybridized carbons (Fsp3) is 0.286. The third-order valence-electron chi connectivity index (χ3n) is 5.92. The van der Waals surface area contributed by atoms with Crippen LogP contribution in [0.4, 0.5) is 10.8 Å². The number of carboxylic acid groups (broad SMARTS) is 1. The first-order valence-electron chi connectivity index (χ1n) is 13.0. The maximum Gasteiger partial charge on any atom is 0.352 e. The van der Waals surface area contributed by atoms with E-state index in [4.69, 9.17) is 9.47 Å². The molecule has 42 heavy (non-hydrogen) atoms. The Morgan fingerprint density at radius 2 is 2.02 bits per heavy atom. The smallest absolute Gasteiger partial charge is 0.352 e. The van der Waals surface area contributed by atoms with Gasteiger partial charge < -0.3 is 24.0 Å². The third-order valence-corrected chi connectivity index (χ3v) is 6.67. The molecule has 14 heteroatoms. The molecule has 220 valence electrons. The van der Waals surface area contributed by atoms with Crippen molar-refractivity contribution in [2.45, 2.75) is 19.6 Å². The summed E-state index contributed by atoms with van der Waals surface area (Å²) in [6.45, 7) is 3.12. The fourth-order valence-electron chi connectivity index (χ4n) is 3.73. The van der Waals surface area contributed by atoms with E-state index < -0.39 is 10.9 Å². The Morgan fingerprint density at radius 3 is 2.76 bits per heavy atom. The second-order valence-corrected chi connectivity index (χ2v) is 10.3. The van der Waals surface area contributed by atoms with Gasteiger partial charge in [0.05, 0.1) is 42.4 Å². The molecule has 4 aromatic rings. The maximum absolute atomic E-state index is 11.7. The molecule has 0 saturated heterocycles. The van der Waals surface area contributed by atoms with Gasteiger partial charge in [-0.25, -0.2) is 14.8 Å². The minimum atomic E-state index is -1.24. The molecule has 2 aromatic carbocycles. The third kappa shape index (κ3) is 9.19. The highest BCUT2D eigenvalue weighted by molar-refractivity contribution is 7.14. The van der Waals surface area contributed by atoms with Gasteiger partial charge in [0.15, 0.2) is 0 Å². The van der Waals surface area contributed by atoms with Gasteiger partial charge in [-0.05, 0) is 43.9 Å². The molecule has 2 heterocycles. The van der Waals surface area contributed by atoms with Crippen molar-refractivity contribution >= 4 is 33.8 Å². The van der Waals surface area contributed by atoms with Crippen LogP contribution in [0.3, 0.4) is 0 Å². The first-order valence-corrected chi connectivity index (χ1v) is 13.9. The van der Waals surface area contributed by atoms with Gasteiger partial charge in [0.1, 0.15) is 18.1 Å². The van der Waals surface area contributed by atoms with Gasteiger partial charge in [0.2, 0.25) is 5.13 Å². The number of nitrogens with one attached hydrogen (secondary N) is 1. The Hall–Kier alpha value is -4.66. The number of nitro benzene ring substituents is 1. The highest BCUT2D eigenvalue weighted by atomic mass is 32.1. The van der Waals surface area contributed by atoms with E-state index in [1.54, 1.807) is 12.4 Å². The Kier molecular flexibility index (Phi) is 10.7. The molecule has 0 bridgehead atoms. The minimum absolute atomic E-state index is 0.0861. The van der Waals surface area contributed by atoms with Crippen molar-refractivity contribution in [3.05, 3.63) is 87.8 Å². The first kappa shape index (κ1) is 30.3. The fourth-order valence-corrected chi connectivity index (χ4v) is 4.39. The molecule has 0 atom stereocenters. The molecule has 0 fully saturated rings. The van der Waals surface area contributed by atoms with Crippen LogP contribution in [0.25, 0.3) is 11.3 Å². The van der Waals surface area contributed by atoms with Crippen LogP contribution in [0.1, 0.15) is 11.3 Å². The van der Waals surface area contributed by atoms with Gasteiger partial charge >= 0.3 is 5.97 Å². The predicted molar refractivity (Wildman–Crippen MR) is 159 cm³/mol. The molecule has 2 N–H and O–H groups in total. The van der Waals surface area contributed by atoms with Crippen molar-refractivity contribution in [2.75, 3.05) is 39.3 Å². The van der Waals surface area contributed by atoms with Gasteiger partial charge in [-0.3, -0.25) is 15.5 Å². The zero-order valence-electron chi connectivity index (χ0n) is 23.2. The number of imidazole rings is 1. The molecule has 0 amide bonds. The topological polar surface area (TPSA) is 157 Å². The molecule has 0 radical (unpaired) electrons. The van der Waals surface area contributed by atoms with Crippen molar-refractivity contribution < 1.29 is 24.3 Å². The Labute approximate surface area is 246 Å². The maximum atomic E-state index is 11.7. The van der Waals surface area contributed by atoms with Crippen molar-refractivity contribution in [3.63, 3.8) is 0 Å². The number of non-ortho nitro benzene ring substituents is 1. The number of hydrogen-bond acceptors (Lipinski definition) is 11. The number of aromatic nitrogens is 3. The van der Waals surface area contributed by atoms with Crippen LogP contribution >= 0.6 is 11.3 Å². The number of aliphatic carboxylic acids is 1. The van der Waals surface area contributed by atoms with E-state index in [9.17, 15) is 20.0 Å². The van der Waals surface area contributed by atoms with Crippen LogP contribution in [0.2, 0.25) is 0 Å². The van der Waals surface area contributed by atoms with Crippen LogP contribution in [0.15, 0.2) is 71.5 Å². The number of carbonyl (C=O) groups is 1. The highest BCUT2D eigenvalue weighted by Crippen LogP contribution is 2.26. The molecule has 0 unspecified atom stereocenters. The first-order chi connectivity index (χ1) is 20.3. The van der Waals surface area contributed by atoms with Gasteiger partial charge in [0.25, 0.3) is 5.69 Å².